The van der Waals surface area contributed by atoms with E-state index in [1.807, 2.05) is 6.92 Å². The molecule has 0 aromatic heterocycles. The molecule has 0 saturated heterocycles. The molecule has 1 aromatic carbocycles. The number of hydrogen-bond donors (Lipinski definition) is 3. The zero-order chi connectivity index (χ0) is 22.1. The van der Waals surface area contributed by atoms with E-state index in [9.17, 15) is 20.1 Å². The first kappa shape index (κ1) is 24.9. The third kappa shape index (κ3) is 10.3. The molecule has 0 saturated carbocycles. The first-order valence-corrected chi connectivity index (χ1v) is 10.1. The lowest BCUT2D eigenvalue weighted by atomic mass is 9.94. The largest absolute Gasteiger partial charge is 0.508 e. The minimum Gasteiger partial charge on any atom is -0.508 e. The summed E-state index contributed by atoms with van der Waals surface area (Å²) >= 11 is 0. The van der Waals surface area contributed by atoms with Crippen LogP contribution in [-0.2, 0) is 16.0 Å². The van der Waals surface area contributed by atoms with Gasteiger partial charge in [-0.05, 0) is 77.5 Å². The number of aromatic hydroxyl groups is 1. The Morgan fingerprint density at radius 3 is 2.34 bits per heavy atom. The zero-order valence-electron chi connectivity index (χ0n) is 18.1. The second-order valence-electron chi connectivity index (χ2n) is 8.49. The molecular formula is C24H36O5. The van der Waals surface area contributed by atoms with E-state index in [4.69, 9.17) is 4.74 Å². The van der Waals surface area contributed by atoms with E-state index in [-0.39, 0.29) is 18.1 Å². The highest BCUT2D eigenvalue weighted by atomic mass is 16.6. The Labute approximate surface area is 174 Å². The fourth-order valence-corrected chi connectivity index (χ4v) is 2.86. The second-order valence-corrected chi connectivity index (χ2v) is 8.49. The predicted molar refractivity (Wildman–Crippen MR) is 116 cm³/mol. The van der Waals surface area contributed by atoms with Crippen LogP contribution in [0.4, 0.5) is 0 Å². The molecule has 3 N–H and O–H groups in total. The lowest BCUT2D eigenvalue weighted by Crippen LogP contribution is -2.39. The molecule has 0 fully saturated rings. The normalized spacial score (nSPS) is 15.4. The molecule has 0 spiro atoms. The Balaban J connectivity index is 2.53. The van der Waals surface area contributed by atoms with Gasteiger partial charge in [-0.1, -0.05) is 29.9 Å². The van der Waals surface area contributed by atoms with Gasteiger partial charge in [-0.25, -0.2) is 0 Å². The van der Waals surface area contributed by atoms with Crippen molar-refractivity contribution in [1.82, 2.24) is 0 Å². The summed E-state index contributed by atoms with van der Waals surface area (Å²) in [4.78, 5) is 12.3. The van der Waals surface area contributed by atoms with E-state index < -0.39 is 17.3 Å². The van der Waals surface area contributed by atoms with Gasteiger partial charge in [-0.2, -0.15) is 0 Å². The van der Waals surface area contributed by atoms with Gasteiger partial charge in [-0.15, -0.1) is 6.58 Å². The lowest BCUT2D eigenvalue weighted by Gasteiger charge is -2.29. The minimum absolute atomic E-state index is 0.190. The van der Waals surface area contributed by atoms with Gasteiger partial charge < -0.3 is 20.1 Å². The Morgan fingerprint density at radius 2 is 1.79 bits per heavy atom. The molecule has 1 aromatic rings. The fraction of sp³-hybridized carbons (Fsp3) is 0.542. The molecule has 0 aliphatic rings. The number of esters is 1. The Morgan fingerprint density at radius 1 is 1.17 bits per heavy atom. The van der Waals surface area contributed by atoms with Crippen LogP contribution in [-0.4, -0.2) is 38.6 Å². The first-order chi connectivity index (χ1) is 13.4. The van der Waals surface area contributed by atoms with Crippen molar-refractivity contribution in [2.24, 2.45) is 0 Å². The summed E-state index contributed by atoms with van der Waals surface area (Å²) in [6, 6.07) is 6.72. The van der Waals surface area contributed by atoms with Crippen molar-refractivity contribution in [3.8, 4) is 5.75 Å². The van der Waals surface area contributed by atoms with Crippen molar-refractivity contribution in [2.75, 3.05) is 0 Å². The smallest absolute Gasteiger partial charge is 0.306 e. The molecule has 0 aliphatic heterocycles. The number of phenolic OH excluding ortho intramolecular Hbond substituents is 1. The second kappa shape index (κ2) is 11.2. The standard InChI is InChI=1S/C24H36O5/c1-6-24(5,28)17-7-8-18(2)9-15-21(23(3,4)27)29-22(26)16-12-19-10-13-20(25)14-11-19/h6,8,10-11,13-14,21,25,27-28H,1,7,9,12,15-17H2,2-5H3/b18-8+/t21-,24?/m1/s1. The zero-order valence-corrected chi connectivity index (χ0v) is 18.1. The van der Waals surface area contributed by atoms with E-state index in [2.05, 4.69) is 12.7 Å². The number of aliphatic hydroxyl groups is 2. The summed E-state index contributed by atoms with van der Waals surface area (Å²) in [7, 11) is 0. The van der Waals surface area contributed by atoms with Crippen LogP contribution in [0.5, 0.6) is 5.75 Å². The van der Waals surface area contributed by atoms with E-state index >= 15 is 0 Å². The van der Waals surface area contributed by atoms with Crippen LogP contribution in [0.25, 0.3) is 0 Å². The van der Waals surface area contributed by atoms with Crippen LogP contribution in [0, 0.1) is 0 Å². The highest BCUT2D eigenvalue weighted by molar-refractivity contribution is 5.70. The summed E-state index contributed by atoms with van der Waals surface area (Å²) in [5, 5.41) is 29.7. The maximum Gasteiger partial charge on any atom is 0.306 e. The van der Waals surface area contributed by atoms with Crippen molar-refractivity contribution >= 4 is 5.97 Å². The van der Waals surface area contributed by atoms with Crippen LogP contribution in [0.15, 0.2) is 48.6 Å². The number of rotatable bonds is 12. The third-order valence-corrected chi connectivity index (χ3v) is 5.00. The molecule has 5 nitrogen and oxygen atoms in total. The summed E-state index contributed by atoms with van der Waals surface area (Å²) in [6.45, 7) is 10.6. The van der Waals surface area contributed by atoms with E-state index in [1.165, 1.54) is 6.08 Å². The highest BCUT2D eigenvalue weighted by Crippen LogP contribution is 2.22. The molecule has 1 rings (SSSR count). The molecule has 5 heteroatoms. The SMILES string of the molecule is C=CC(C)(O)CC/C=C(\C)CC[C@@H](OC(=O)CCc1ccc(O)cc1)C(C)(C)O. The number of ether oxygens (including phenoxy) is 1. The van der Waals surface area contributed by atoms with Gasteiger partial charge in [0.2, 0.25) is 0 Å². The Bertz CT molecular complexity index is 680. The molecule has 0 bridgehead atoms. The van der Waals surface area contributed by atoms with Gasteiger partial charge in [-0.3, -0.25) is 4.79 Å². The number of carbonyl (C=O) groups is 1. The van der Waals surface area contributed by atoms with Crippen LogP contribution >= 0.6 is 0 Å². The average molecular weight is 405 g/mol. The highest BCUT2D eigenvalue weighted by Gasteiger charge is 2.30. The van der Waals surface area contributed by atoms with Crippen molar-refractivity contribution in [3.63, 3.8) is 0 Å². The predicted octanol–water partition coefficient (Wildman–Crippen LogP) is 4.45. The monoisotopic (exact) mass is 404 g/mol. The topological polar surface area (TPSA) is 87.0 Å². The number of phenols is 1. The number of carbonyl (C=O) groups excluding carboxylic acids is 1. The summed E-state index contributed by atoms with van der Waals surface area (Å²) in [6.07, 6.45) is 6.26. The van der Waals surface area contributed by atoms with Gasteiger partial charge in [0, 0.05) is 6.42 Å². The molecule has 0 radical (unpaired) electrons. The van der Waals surface area contributed by atoms with Crippen LogP contribution < -0.4 is 0 Å². The van der Waals surface area contributed by atoms with Crippen molar-refractivity contribution in [2.45, 2.75) is 83.5 Å². The molecule has 0 aliphatic carbocycles. The summed E-state index contributed by atoms with van der Waals surface area (Å²) in [5.41, 5.74) is 0.0495. The number of aryl methyl sites for hydroxylation is 1. The molecule has 1 unspecified atom stereocenters. The van der Waals surface area contributed by atoms with Crippen molar-refractivity contribution < 1.29 is 24.9 Å². The van der Waals surface area contributed by atoms with Crippen LogP contribution in [0.2, 0.25) is 0 Å². The molecule has 29 heavy (non-hydrogen) atoms. The van der Waals surface area contributed by atoms with E-state index in [1.54, 1.807) is 45.0 Å². The van der Waals surface area contributed by atoms with Gasteiger partial charge in [0.1, 0.15) is 11.9 Å². The lowest BCUT2D eigenvalue weighted by molar-refractivity contribution is -0.162. The van der Waals surface area contributed by atoms with Crippen LogP contribution in [0.1, 0.15) is 65.4 Å². The quantitative estimate of drug-likeness (QED) is 0.354. The molecular weight excluding hydrogens is 368 g/mol. The molecule has 0 amide bonds. The van der Waals surface area contributed by atoms with E-state index in [0.29, 0.717) is 25.7 Å². The maximum atomic E-state index is 12.3. The fourth-order valence-electron chi connectivity index (χ4n) is 2.86. The molecule has 162 valence electrons. The third-order valence-electron chi connectivity index (χ3n) is 5.00. The number of benzene rings is 1. The Hall–Kier alpha value is -2.11. The van der Waals surface area contributed by atoms with Gasteiger partial charge in [0.25, 0.3) is 0 Å². The Kier molecular flexibility index (Phi) is 9.60. The first-order valence-electron chi connectivity index (χ1n) is 10.1. The average Bonchev–Trinajstić information content (AvgIpc) is 2.63. The van der Waals surface area contributed by atoms with Crippen LogP contribution in [0.3, 0.4) is 0 Å². The van der Waals surface area contributed by atoms with Gasteiger partial charge >= 0.3 is 5.97 Å². The summed E-state index contributed by atoms with van der Waals surface area (Å²) in [5.74, 6) is -0.163. The van der Waals surface area contributed by atoms with Gasteiger partial charge in [0.05, 0.1) is 11.2 Å². The number of allylic oxidation sites excluding steroid dienone is 2. The van der Waals surface area contributed by atoms with Crippen molar-refractivity contribution in [3.05, 3.63) is 54.1 Å². The molecule has 2 atom stereocenters. The summed E-state index contributed by atoms with van der Waals surface area (Å²) < 4.78 is 5.57. The maximum absolute atomic E-state index is 12.3. The molecule has 0 heterocycles. The minimum atomic E-state index is -1.14. The number of hydrogen-bond acceptors (Lipinski definition) is 5. The van der Waals surface area contributed by atoms with E-state index in [0.717, 1.165) is 17.6 Å². The van der Waals surface area contributed by atoms with Crippen molar-refractivity contribution in [1.29, 1.82) is 0 Å². The van der Waals surface area contributed by atoms with Gasteiger partial charge in [0.15, 0.2) is 0 Å².